The van der Waals surface area contributed by atoms with Crippen LogP contribution in [0.3, 0.4) is 0 Å². The summed E-state index contributed by atoms with van der Waals surface area (Å²) in [4.78, 5) is 4.34. The zero-order valence-electron chi connectivity index (χ0n) is 16.1. The minimum Gasteiger partial charge on any atom is -0.496 e. The van der Waals surface area contributed by atoms with E-state index in [0.717, 1.165) is 36.7 Å². The second-order valence-electron chi connectivity index (χ2n) is 7.08. The lowest BCUT2D eigenvalue weighted by Gasteiger charge is -2.22. The number of hydrogen-bond donors (Lipinski definition) is 3. The van der Waals surface area contributed by atoms with Gasteiger partial charge in [-0.1, -0.05) is 48.5 Å². The van der Waals surface area contributed by atoms with Crippen LogP contribution in [0.1, 0.15) is 29.9 Å². The van der Waals surface area contributed by atoms with Crippen LogP contribution in [0.15, 0.2) is 59.6 Å². The quantitative estimate of drug-likeness (QED) is 0.496. The van der Waals surface area contributed by atoms with Gasteiger partial charge in [0.15, 0.2) is 5.96 Å². The monoisotopic (exact) mass is 367 g/mol. The van der Waals surface area contributed by atoms with E-state index in [9.17, 15) is 5.11 Å². The van der Waals surface area contributed by atoms with Crippen LogP contribution in [0.25, 0.3) is 0 Å². The lowest BCUT2D eigenvalue weighted by molar-refractivity contribution is 0.265. The number of para-hydroxylation sites is 1. The maximum atomic E-state index is 9.73. The molecule has 27 heavy (non-hydrogen) atoms. The standard InChI is InChI=1S/C22H29N3O2/c1-23-21(24-14-18(15-26)17-8-4-3-5-9-17)25-16-22(12-13-22)19-10-6-7-11-20(19)27-2/h3-11,18,26H,12-16H2,1-2H3,(H2,23,24,25). The van der Waals surface area contributed by atoms with Crippen molar-refractivity contribution in [3.8, 4) is 5.75 Å². The Bertz CT molecular complexity index is 757. The molecule has 0 aromatic heterocycles. The van der Waals surface area contributed by atoms with Gasteiger partial charge in [-0.05, 0) is 24.5 Å². The molecule has 3 rings (SSSR count). The highest BCUT2D eigenvalue weighted by molar-refractivity contribution is 5.80. The van der Waals surface area contributed by atoms with Gasteiger partial charge >= 0.3 is 0 Å². The number of aliphatic imine (C=N–C) groups is 1. The van der Waals surface area contributed by atoms with Gasteiger partial charge in [-0.3, -0.25) is 4.99 Å². The smallest absolute Gasteiger partial charge is 0.191 e. The summed E-state index contributed by atoms with van der Waals surface area (Å²) in [7, 11) is 3.50. The highest BCUT2D eigenvalue weighted by atomic mass is 16.5. The van der Waals surface area contributed by atoms with Crippen LogP contribution in [0.4, 0.5) is 0 Å². The fourth-order valence-corrected chi connectivity index (χ4v) is 3.48. The third kappa shape index (κ3) is 4.61. The molecule has 2 aromatic carbocycles. The molecule has 1 fully saturated rings. The molecule has 2 aromatic rings. The third-order valence-electron chi connectivity index (χ3n) is 5.36. The average molecular weight is 367 g/mol. The summed E-state index contributed by atoms with van der Waals surface area (Å²) in [5.74, 6) is 1.74. The summed E-state index contributed by atoms with van der Waals surface area (Å²) >= 11 is 0. The summed E-state index contributed by atoms with van der Waals surface area (Å²) in [6, 6.07) is 18.3. The lowest BCUT2D eigenvalue weighted by atomic mass is 9.95. The number of benzene rings is 2. The fraction of sp³-hybridized carbons (Fsp3) is 0.409. The van der Waals surface area contributed by atoms with Crippen LogP contribution >= 0.6 is 0 Å². The van der Waals surface area contributed by atoms with E-state index in [-0.39, 0.29) is 17.9 Å². The predicted molar refractivity (Wildman–Crippen MR) is 110 cm³/mol. The molecule has 5 nitrogen and oxygen atoms in total. The summed E-state index contributed by atoms with van der Waals surface area (Å²) in [5.41, 5.74) is 2.49. The Labute approximate surface area is 161 Å². The number of aliphatic hydroxyl groups is 1. The first-order valence-electron chi connectivity index (χ1n) is 9.46. The summed E-state index contributed by atoms with van der Waals surface area (Å²) < 4.78 is 5.55. The first kappa shape index (κ1) is 19.2. The minimum atomic E-state index is 0.0360. The molecule has 0 saturated heterocycles. The Morgan fingerprint density at radius 2 is 1.81 bits per heavy atom. The number of guanidine groups is 1. The van der Waals surface area contributed by atoms with Gasteiger partial charge in [0.2, 0.25) is 0 Å². The molecule has 3 N–H and O–H groups in total. The second kappa shape index (κ2) is 8.91. The molecule has 1 unspecified atom stereocenters. The SMILES string of the molecule is CN=C(NCC(CO)c1ccccc1)NCC1(c2ccccc2OC)CC1. The largest absolute Gasteiger partial charge is 0.496 e. The van der Waals surface area contributed by atoms with E-state index in [0.29, 0.717) is 6.54 Å². The summed E-state index contributed by atoms with van der Waals surface area (Å²) in [5, 5.41) is 16.5. The topological polar surface area (TPSA) is 65.9 Å². The van der Waals surface area contributed by atoms with Crippen molar-refractivity contribution in [3.63, 3.8) is 0 Å². The van der Waals surface area contributed by atoms with Gasteiger partial charge in [0.25, 0.3) is 0 Å². The van der Waals surface area contributed by atoms with E-state index in [2.05, 4.69) is 27.8 Å². The van der Waals surface area contributed by atoms with Crippen LogP contribution in [0, 0.1) is 0 Å². The first-order chi connectivity index (χ1) is 13.2. The molecular weight excluding hydrogens is 338 g/mol. The minimum absolute atomic E-state index is 0.0360. The van der Waals surface area contributed by atoms with E-state index in [4.69, 9.17) is 4.74 Å². The van der Waals surface area contributed by atoms with E-state index >= 15 is 0 Å². The van der Waals surface area contributed by atoms with Gasteiger partial charge in [-0.25, -0.2) is 0 Å². The van der Waals surface area contributed by atoms with Gasteiger partial charge in [-0.2, -0.15) is 0 Å². The van der Waals surface area contributed by atoms with E-state index < -0.39 is 0 Å². The van der Waals surface area contributed by atoms with Gasteiger partial charge < -0.3 is 20.5 Å². The summed E-state index contributed by atoms with van der Waals surface area (Å²) in [6.07, 6.45) is 2.28. The van der Waals surface area contributed by atoms with Crippen LogP contribution in [0.5, 0.6) is 5.75 Å². The number of aliphatic hydroxyl groups excluding tert-OH is 1. The molecule has 1 aliphatic rings. The fourth-order valence-electron chi connectivity index (χ4n) is 3.48. The highest BCUT2D eigenvalue weighted by Crippen LogP contribution is 2.50. The van der Waals surface area contributed by atoms with Gasteiger partial charge in [0.05, 0.1) is 13.7 Å². The molecule has 0 radical (unpaired) electrons. The van der Waals surface area contributed by atoms with Gasteiger partial charge in [-0.15, -0.1) is 0 Å². The van der Waals surface area contributed by atoms with Crippen molar-refractivity contribution in [2.24, 2.45) is 4.99 Å². The zero-order valence-corrected chi connectivity index (χ0v) is 16.1. The van der Waals surface area contributed by atoms with E-state index in [1.165, 1.54) is 5.56 Å². The van der Waals surface area contributed by atoms with Gasteiger partial charge in [0, 0.05) is 37.0 Å². The Balaban J connectivity index is 1.58. The van der Waals surface area contributed by atoms with Crippen molar-refractivity contribution >= 4 is 5.96 Å². The van der Waals surface area contributed by atoms with Crippen molar-refractivity contribution in [1.29, 1.82) is 0 Å². The van der Waals surface area contributed by atoms with E-state index in [1.807, 2.05) is 42.5 Å². The van der Waals surface area contributed by atoms with E-state index in [1.54, 1.807) is 14.2 Å². The number of nitrogens with zero attached hydrogens (tertiary/aromatic N) is 1. The Morgan fingerprint density at radius 1 is 1.11 bits per heavy atom. The van der Waals surface area contributed by atoms with Crippen LogP contribution in [-0.4, -0.2) is 44.9 Å². The molecule has 5 heteroatoms. The van der Waals surface area contributed by atoms with Crippen molar-refractivity contribution < 1.29 is 9.84 Å². The van der Waals surface area contributed by atoms with Crippen molar-refractivity contribution in [2.45, 2.75) is 24.2 Å². The Hall–Kier alpha value is -2.53. The summed E-state index contributed by atoms with van der Waals surface area (Å²) in [6.45, 7) is 1.53. The molecule has 1 saturated carbocycles. The maximum Gasteiger partial charge on any atom is 0.191 e. The molecule has 0 bridgehead atoms. The molecule has 0 spiro atoms. The number of nitrogens with one attached hydrogen (secondary N) is 2. The molecular formula is C22H29N3O2. The average Bonchev–Trinajstić information content (AvgIpc) is 3.52. The Morgan fingerprint density at radius 3 is 2.44 bits per heavy atom. The maximum absolute atomic E-state index is 9.73. The molecule has 0 amide bonds. The molecule has 1 atom stereocenters. The molecule has 1 aliphatic carbocycles. The second-order valence-corrected chi connectivity index (χ2v) is 7.08. The van der Waals surface area contributed by atoms with Crippen molar-refractivity contribution in [3.05, 3.63) is 65.7 Å². The highest BCUT2D eigenvalue weighted by Gasteiger charge is 2.46. The number of rotatable bonds is 8. The lowest BCUT2D eigenvalue weighted by Crippen LogP contribution is -2.43. The van der Waals surface area contributed by atoms with Crippen molar-refractivity contribution in [1.82, 2.24) is 10.6 Å². The Kier molecular flexibility index (Phi) is 6.35. The zero-order chi connectivity index (χ0) is 19.1. The third-order valence-corrected chi connectivity index (χ3v) is 5.36. The number of methoxy groups -OCH3 is 1. The van der Waals surface area contributed by atoms with Gasteiger partial charge in [0.1, 0.15) is 5.75 Å². The van der Waals surface area contributed by atoms with Crippen LogP contribution in [-0.2, 0) is 5.41 Å². The number of hydrogen-bond acceptors (Lipinski definition) is 3. The van der Waals surface area contributed by atoms with Crippen LogP contribution < -0.4 is 15.4 Å². The molecule has 0 aliphatic heterocycles. The van der Waals surface area contributed by atoms with Crippen LogP contribution in [0.2, 0.25) is 0 Å². The molecule has 0 heterocycles. The van der Waals surface area contributed by atoms with Crippen molar-refractivity contribution in [2.75, 3.05) is 33.9 Å². The first-order valence-corrected chi connectivity index (χ1v) is 9.46. The predicted octanol–water partition coefficient (Wildman–Crippen LogP) is 2.67. The number of ether oxygens (including phenoxy) is 1. The molecule has 144 valence electrons. The normalized spacial score (nSPS) is 16.5.